The van der Waals surface area contributed by atoms with Crippen molar-refractivity contribution in [2.75, 3.05) is 6.61 Å². The molecule has 0 spiro atoms. The van der Waals surface area contributed by atoms with Gasteiger partial charge in [-0.2, -0.15) is 5.26 Å². The summed E-state index contributed by atoms with van der Waals surface area (Å²) in [5.41, 5.74) is 1.29. The highest BCUT2D eigenvalue weighted by Gasteiger charge is 2.57. The Morgan fingerprint density at radius 3 is 2.83 bits per heavy atom. The molecule has 1 N–H and O–H groups in total. The van der Waals surface area contributed by atoms with Gasteiger partial charge in [-0.25, -0.2) is 0 Å². The first-order valence-electron chi connectivity index (χ1n) is 8.32. The molecule has 1 saturated carbocycles. The molecule has 3 nitrogen and oxygen atoms in total. The van der Waals surface area contributed by atoms with Crippen molar-refractivity contribution in [1.82, 2.24) is 0 Å². The van der Waals surface area contributed by atoms with Gasteiger partial charge in [-0.15, -0.1) is 0 Å². The highest BCUT2D eigenvalue weighted by atomic mass is 16.5. The number of fused-ring (bicyclic) bond motifs is 3. The quantitative estimate of drug-likeness (QED) is 0.844. The maximum atomic E-state index is 11.1. The van der Waals surface area contributed by atoms with Gasteiger partial charge in [0.1, 0.15) is 12.4 Å². The number of aliphatic hydroxyl groups is 1. The van der Waals surface area contributed by atoms with Crippen molar-refractivity contribution < 1.29 is 9.84 Å². The Morgan fingerprint density at radius 2 is 2.17 bits per heavy atom. The maximum Gasteiger partial charge on any atom is 0.125 e. The van der Waals surface area contributed by atoms with E-state index >= 15 is 0 Å². The predicted octanol–water partition coefficient (Wildman–Crippen LogP) is 4.35. The average Bonchev–Trinajstić information content (AvgIpc) is 2.90. The zero-order valence-electron chi connectivity index (χ0n) is 14.2. The lowest BCUT2D eigenvalue weighted by atomic mass is 9.57. The van der Waals surface area contributed by atoms with Crippen LogP contribution in [0.2, 0.25) is 0 Å². The van der Waals surface area contributed by atoms with Crippen LogP contribution < -0.4 is 4.74 Å². The molecule has 4 atom stereocenters. The molecule has 0 aromatic heterocycles. The van der Waals surface area contributed by atoms with Crippen LogP contribution in [0.25, 0.3) is 0 Å². The number of nitrogens with zero attached hydrogens (tertiary/aromatic N) is 1. The number of ether oxygens (including phenoxy) is 1. The fourth-order valence-corrected chi connectivity index (χ4v) is 4.68. The van der Waals surface area contributed by atoms with Gasteiger partial charge in [0.05, 0.1) is 17.6 Å². The van der Waals surface area contributed by atoms with E-state index in [2.05, 4.69) is 39.5 Å². The van der Waals surface area contributed by atoms with Crippen LogP contribution in [-0.4, -0.2) is 11.7 Å². The van der Waals surface area contributed by atoms with Crippen molar-refractivity contribution in [3.05, 3.63) is 42.0 Å². The lowest BCUT2D eigenvalue weighted by molar-refractivity contribution is -0.0190. The summed E-state index contributed by atoms with van der Waals surface area (Å²) in [7, 11) is 0. The summed E-state index contributed by atoms with van der Waals surface area (Å²) in [5.74, 6) is 1.17. The van der Waals surface area contributed by atoms with E-state index in [4.69, 9.17) is 4.74 Å². The topological polar surface area (TPSA) is 53.2 Å². The Morgan fingerprint density at radius 1 is 1.43 bits per heavy atom. The standard InChI is InChI=1S/C20H25NO2/c1-5-11-23-15-8-6-7-13-16(15)18(22)19(2,3)14-9-10-20(4,12-21)17(13)14/h5-8,14,17-18,22H,1,9-11H2,2-4H3/t14-,17-,18+,20-/m1/s1. The fraction of sp³-hybridized carbons (Fsp3) is 0.550. The molecular formula is C20H25NO2. The first kappa shape index (κ1) is 16.1. The zero-order valence-corrected chi connectivity index (χ0v) is 14.2. The van der Waals surface area contributed by atoms with Gasteiger partial charge in [0.25, 0.3) is 0 Å². The van der Waals surface area contributed by atoms with Gasteiger partial charge in [-0.1, -0.05) is 38.6 Å². The summed E-state index contributed by atoms with van der Waals surface area (Å²) < 4.78 is 5.81. The Labute approximate surface area is 138 Å². The third kappa shape index (κ3) is 2.20. The SMILES string of the molecule is C=CCOc1cccc2c1[C@H](O)C(C)(C)[C@@H]1CC[C@](C)(C#N)[C@H]21. The molecule has 0 aliphatic heterocycles. The maximum absolute atomic E-state index is 11.1. The van der Waals surface area contributed by atoms with Gasteiger partial charge in [-0.05, 0) is 42.7 Å². The van der Waals surface area contributed by atoms with Crippen LogP contribution in [0, 0.1) is 28.1 Å². The van der Waals surface area contributed by atoms with Crippen LogP contribution in [0.4, 0.5) is 0 Å². The highest BCUT2D eigenvalue weighted by Crippen LogP contribution is 2.65. The smallest absolute Gasteiger partial charge is 0.125 e. The molecule has 1 fully saturated rings. The van der Waals surface area contributed by atoms with Crippen LogP contribution in [0.3, 0.4) is 0 Å². The molecule has 0 heterocycles. The molecule has 0 amide bonds. The van der Waals surface area contributed by atoms with Crippen LogP contribution in [0.1, 0.15) is 56.8 Å². The van der Waals surface area contributed by atoms with E-state index in [0.29, 0.717) is 18.3 Å². The molecule has 1 aromatic carbocycles. The minimum atomic E-state index is -0.583. The van der Waals surface area contributed by atoms with Gasteiger partial charge in [0.2, 0.25) is 0 Å². The second-order valence-electron chi connectivity index (χ2n) is 7.73. The molecule has 23 heavy (non-hydrogen) atoms. The van der Waals surface area contributed by atoms with Crippen molar-refractivity contribution >= 4 is 0 Å². The molecule has 1 aromatic rings. The average molecular weight is 311 g/mol. The van der Waals surface area contributed by atoms with Crippen molar-refractivity contribution in [2.45, 2.75) is 45.6 Å². The minimum Gasteiger partial charge on any atom is -0.489 e. The number of hydrogen-bond acceptors (Lipinski definition) is 3. The zero-order chi connectivity index (χ0) is 16.8. The van der Waals surface area contributed by atoms with E-state index in [0.717, 1.165) is 24.0 Å². The van der Waals surface area contributed by atoms with Gasteiger partial charge in [-0.3, -0.25) is 0 Å². The highest BCUT2D eigenvalue weighted by molar-refractivity contribution is 5.49. The van der Waals surface area contributed by atoms with Crippen LogP contribution in [-0.2, 0) is 0 Å². The summed E-state index contributed by atoms with van der Waals surface area (Å²) in [5, 5.41) is 20.9. The number of benzene rings is 1. The third-order valence-corrected chi connectivity index (χ3v) is 6.04. The van der Waals surface area contributed by atoms with Gasteiger partial charge in [0, 0.05) is 11.5 Å². The lowest BCUT2D eigenvalue weighted by Crippen LogP contribution is -2.40. The van der Waals surface area contributed by atoms with Gasteiger partial charge < -0.3 is 9.84 Å². The van der Waals surface area contributed by atoms with Crippen molar-refractivity contribution in [2.24, 2.45) is 16.7 Å². The van der Waals surface area contributed by atoms with Crippen molar-refractivity contribution in [3.8, 4) is 11.8 Å². The number of aliphatic hydroxyl groups excluding tert-OH is 1. The number of hydrogen-bond donors (Lipinski definition) is 1. The number of nitriles is 1. The Hall–Kier alpha value is -1.79. The van der Waals surface area contributed by atoms with Crippen LogP contribution in [0.15, 0.2) is 30.9 Å². The lowest BCUT2D eigenvalue weighted by Gasteiger charge is -2.48. The molecule has 0 saturated heterocycles. The molecule has 3 heteroatoms. The summed E-state index contributed by atoms with van der Waals surface area (Å²) >= 11 is 0. The van der Waals surface area contributed by atoms with Gasteiger partial charge >= 0.3 is 0 Å². The molecule has 3 rings (SSSR count). The van der Waals surface area contributed by atoms with E-state index < -0.39 is 6.10 Å². The normalized spacial score (nSPS) is 34.1. The molecular weight excluding hydrogens is 286 g/mol. The van der Waals surface area contributed by atoms with E-state index in [-0.39, 0.29) is 16.7 Å². The molecule has 2 aliphatic rings. The van der Waals surface area contributed by atoms with Crippen LogP contribution in [0.5, 0.6) is 5.75 Å². The third-order valence-electron chi connectivity index (χ3n) is 6.04. The van der Waals surface area contributed by atoms with E-state index in [1.807, 2.05) is 12.1 Å². The van der Waals surface area contributed by atoms with Gasteiger partial charge in [0.15, 0.2) is 0 Å². The largest absolute Gasteiger partial charge is 0.489 e. The van der Waals surface area contributed by atoms with E-state index in [9.17, 15) is 10.4 Å². The second-order valence-corrected chi connectivity index (χ2v) is 7.73. The molecule has 0 unspecified atom stereocenters. The van der Waals surface area contributed by atoms with Crippen molar-refractivity contribution in [3.63, 3.8) is 0 Å². The summed E-state index contributed by atoms with van der Waals surface area (Å²) in [6, 6.07) is 8.49. The predicted molar refractivity (Wildman–Crippen MR) is 90.1 cm³/mol. The summed E-state index contributed by atoms with van der Waals surface area (Å²) in [6.07, 6.45) is 2.99. The summed E-state index contributed by atoms with van der Waals surface area (Å²) in [6.45, 7) is 10.4. The monoisotopic (exact) mass is 311 g/mol. The summed E-state index contributed by atoms with van der Waals surface area (Å²) in [4.78, 5) is 0. The second kappa shape index (κ2) is 5.39. The molecule has 2 aliphatic carbocycles. The molecule has 122 valence electrons. The Kier molecular flexibility index (Phi) is 3.77. The molecule has 0 bridgehead atoms. The van der Waals surface area contributed by atoms with Crippen LogP contribution >= 0.6 is 0 Å². The first-order chi connectivity index (χ1) is 10.9. The minimum absolute atomic E-state index is 0.146. The number of rotatable bonds is 3. The Bertz CT molecular complexity index is 673. The van der Waals surface area contributed by atoms with Crippen molar-refractivity contribution in [1.29, 1.82) is 5.26 Å². The Balaban J connectivity index is 2.20. The van der Waals surface area contributed by atoms with E-state index in [1.165, 1.54) is 0 Å². The first-order valence-corrected chi connectivity index (χ1v) is 8.32. The molecule has 0 radical (unpaired) electrons. The fourth-order valence-electron chi connectivity index (χ4n) is 4.68. The van der Waals surface area contributed by atoms with E-state index in [1.54, 1.807) is 6.08 Å².